The number of nitrogens with zero attached hydrogens (tertiary/aromatic N) is 2. The van der Waals surface area contributed by atoms with Crippen LogP contribution >= 0.6 is 0 Å². The monoisotopic (exact) mass is 297 g/mol. The number of nitrogens with one attached hydrogen (secondary N) is 1. The van der Waals surface area contributed by atoms with Crippen LogP contribution < -0.4 is 10.2 Å². The Morgan fingerprint density at radius 1 is 1.18 bits per heavy atom. The van der Waals surface area contributed by atoms with Crippen molar-refractivity contribution in [1.82, 2.24) is 4.98 Å². The summed E-state index contributed by atoms with van der Waals surface area (Å²) in [6.07, 6.45) is 5.21. The fourth-order valence-electron chi connectivity index (χ4n) is 2.21. The van der Waals surface area contributed by atoms with Gasteiger partial charge in [0.1, 0.15) is 5.69 Å². The zero-order chi connectivity index (χ0) is 15.8. The van der Waals surface area contributed by atoms with Gasteiger partial charge in [-0.1, -0.05) is 38.0 Å². The highest BCUT2D eigenvalue weighted by Crippen LogP contribution is 2.16. The van der Waals surface area contributed by atoms with E-state index in [4.69, 9.17) is 0 Å². The first-order valence-electron chi connectivity index (χ1n) is 7.75. The summed E-state index contributed by atoms with van der Waals surface area (Å²) < 4.78 is 0. The minimum absolute atomic E-state index is 0.108. The van der Waals surface area contributed by atoms with Gasteiger partial charge < -0.3 is 10.2 Å². The maximum atomic E-state index is 12.5. The van der Waals surface area contributed by atoms with Gasteiger partial charge in [-0.15, -0.1) is 0 Å². The molecular weight excluding hydrogens is 274 g/mol. The molecule has 0 radical (unpaired) electrons. The van der Waals surface area contributed by atoms with Gasteiger partial charge in [0.05, 0.1) is 0 Å². The predicted octanol–water partition coefficient (Wildman–Crippen LogP) is 3.96. The van der Waals surface area contributed by atoms with E-state index < -0.39 is 0 Å². The molecule has 0 saturated carbocycles. The van der Waals surface area contributed by atoms with Crippen molar-refractivity contribution in [3.63, 3.8) is 0 Å². The number of hydrogen-bond donors (Lipinski definition) is 1. The van der Waals surface area contributed by atoms with Crippen molar-refractivity contribution in [3.8, 4) is 0 Å². The van der Waals surface area contributed by atoms with Crippen LogP contribution in [0, 0.1) is 0 Å². The Balaban J connectivity index is 2.03. The standard InChI is InChI=1S/C18H23N3O/c1-3-4-8-12-19-15-11-13-20-17(14-15)18(22)21(2)16-9-6-5-7-10-16/h5-7,9-11,13-14H,3-4,8,12H2,1-2H3,(H,19,20). The van der Waals surface area contributed by atoms with Gasteiger partial charge in [-0.05, 0) is 30.7 Å². The minimum Gasteiger partial charge on any atom is -0.385 e. The van der Waals surface area contributed by atoms with Gasteiger partial charge in [0, 0.05) is 31.2 Å². The normalized spacial score (nSPS) is 10.3. The molecular formula is C18H23N3O. The van der Waals surface area contributed by atoms with Crippen LogP contribution in [0.15, 0.2) is 48.7 Å². The van der Waals surface area contributed by atoms with Crippen LogP contribution in [0.2, 0.25) is 0 Å². The van der Waals surface area contributed by atoms with Crippen molar-refractivity contribution < 1.29 is 4.79 Å². The number of carbonyl (C=O) groups is 1. The van der Waals surface area contributed by atoms with Crippen LogP contribution in [0.1, 0.15) is 36.7 Å². The molecule has 0 atom stereocenters. The summed E-state index contributed by atoms with van der Waals surface area (Å²) in [6.45, 7) is 3.10. The lowest BCUT2D eigenvalue weighted by Crippen LogP contribution is -2.27. The molecule has 1 N–H and O–H groups in total. The van der Waals surface area contributed by atoms with Crippen LogP contribution in [0.4, 0.5) is 11.4 Å². The third-order valence-electron chi connectivity index (χ3n) is 3.54. The van der Waals surface area contributed by atoms with Gasteiger partial charge in [-0.2, -0.15) is 0 Å². The second-order valence-corrected chi connectivity index (χ2v) is 5.26. The topological polar surface area (TPSA) is 45.2 Å². The molecule has 0 aliphatic carbocycles. The van der Waals surface area contributed by atoms with Gasteiger partial charge in [-0.25, -0.2) is 0 Å². The zero-order valence-corrected chi connectivity index (χ0v) is 13.2. The van der Waals surface area contributed by atoms with Crippen molar-refractivity contribution in [1.29, 1.82) is 0 Å². The van der Waals surface area contributed by atoms with E-state index in [1.165, 1.54) is 12.8 Å². The lowest BCUT2D eigenvalue weighted by atomic mass is 10.2. The Labute approximate surface area is 132 Å². The van der Waals surface area contributed by atoms with E-state index in [-0.39, 0.29) is 5.91 Å². The number of aromatic nitrogens is 1. The molecule has 2 aromatic rings. The Morgan fingerprint density at radius 2 is 1.95 bits per heavy atom. The third kappa shape index (κ3) is 4.32. The summed E-state index contributed by atoms with van der Waals surface area (Å²) in [5, 5.41) is 3.34. The quantitative estimate of drug-likeness (QED) is 0.787. The highest BCUT2D eigenvalue weighted by molar-refractivity contribution is 6.04. The van der Waals surface area contributed by atoms with E-state index in [9.17, 15) is 4.79 Å². The maximum absolute atomic E-state index is 12.5. The van der Waals surface area contributed by atoms with Crippen molar-refractivity contribution in [2.75, 3.05) is 23.8 Å². The van der Waals surface area contributed by atoms with Crippen LogP contribution in [-0.4, -0.2) is 24.5 Å². The van der Waals surface area contributed by atoms with Crippen LogP contribution in [0.3, 0.4) is 0 Å². The molecule has 2 rings (SSSR count). The number of hydrogen-bond acceptors (Lipinski definition) is 3. The number of rotatable bonds is 7. The molecule has 116 valence electrons. The van der Waals surface area contributed by atoms with Crippen LogP contribution in [-0.2, 0) is 0 Å². The smallest absolute Gasteiger partial charge is 0.276 e. The first-order valence-corrected chi connectivity index (χ1v) is 7.75. The molecule has 0 aliphatic rings. The van der Waals surface area contributed by atoms with Gasteiger partial charge >= 0.3 is 0 Å². The third-order valence-corrected chi connectivity index (χ3v) is 3.54. The minimum atomic E-state index is -0.108. The average Bonchev–Trinajstić information content (AvgIpc) is 2.58. The molecule has 4 heteroatoms. The Hall–Kier alpha value is -2.36. The summed E-state index contributed by atoms with van der Waals surface area (Å²) >= 11 is 0. The molecule has 1 heterocycles. The van der Waals surface area contributed by atoms with Crippen LogP contribution in [0.5, 0.6) is 0 Å². The van der Waals surface area contributed by atoms with Crippen molar-refractivity contribution in [2.45, 2.75) is 26.2 Å². The summed E-state index contributed by atoms with van der Waals surface area (Å²) in [6, 6.07) is 13.3. The second kappa shape index (κ2) is 8.17. The molecule has 0 bridgehead atoms. The fourth-order valence-corrected chi connectivity index (χ4v) is 2.21. The average molecular weight is 297 g/mol. The highest BCUT2D eigenvalue weighted by Gasteiger charge is 2.14. The van der Waals surface area contributed by atoms with E-state index >= 15 is 0 Å². The van der Waals surface area contributed by atoms with E-state index in [1.807, 2.05) is 42.5 Å². The van der Waals surface area contributed by atoms with E-state index in [0.717, 1.165) is 24.3 Å². The summed E-state index contributed by atoms with van der Waals surface area (Å²) in [5.41, 5.74) is 2.25. The molecule has 0 unspecified atom stereocenters. The summed E-state index contributed by atoms with van der Waals surface area (Å²) in [5.74, 6) is -0.108. The molecule has 0 fully saturated rings. The Bertz CT molecular complexity index is 598. The first-order chi connectivity index (χ1) is 10.7. The van der Waals surface area contributed by atoms with Gasteiger partial charge in [0.15, 0.2) is 0 Å². The molecule has 1 amide bonds. The zero-order valence-electron chi connectivity index (χ0n) is 13.2. The van der Waals surface area contributed by atoms with E-state index in [2.05, 4.69) is 17.2 Å². The van der Waals surface area contributed by atoms with Gasteiger partial charge in [-0.3, -0.25) is 9.78 Å². The SMILES string of the molecule is CCCCCNc1ccnc(C(=O)N(C)c2ccccc2)c1. The molecule has 0 aliphatic heterocycles. The maximum Gasteiger partial charge on any atom is 0.276 e. The van der Waals surface area contributed by atoms with Crippen molar-refractivity contribution in [3.05, 3.63) is 54.4 Å². The largest absolute Gasteiger partial charge is 0.385 e. The fraction of sp³-hybridized carbons (Fsp3) is 0.333. The number of para-hydroxylation sites is 1. The van der Waals surface area contributed by atoms with Gasteiger partial charge in [0.25, 0.3) is 5.91 Å². The first kappa shape index (κ1) is 16.0. The molecule has 1 aromatic carbocycles. The lowest BCUT2D eigenvalue weighted by Gasteiger charge is -2.17. The number of unbranched alkanes of at least 4 members (excludes halogenated alkanes) is 2. The summed E-state index contributed by atoms with van der Waals surface area (Å²) in [4.78, 5) is 18.3. The van der Waals surface area contributed by atoms with E-state index in [0.29, 0.717) is 5.69 Å². The number of amides is 1. The van der Waals surface area contributed by atoms with Gasteiger partial charge in [0.2, 0.25) is 0 Å². The molecule has 4 nitrogen and oxygen atoms in total. The number of anilines is 2. The number of carbonyl (C=O) groups excluding carboxylic acids is 1. The molecule has 0 saturated heterocycles. The Morgan fingerprint density at radius 3 is 2.68 bits per heavy atom. The second-order valence-electron chi connectivity index (χ2n) is 5.26. The Kier molecular flexibility index (Phi) is 5.95. The molecule has 22 heavy (non-hydrogen) atoms. The highest BCUT2D eigenvalue weighted by atomic mass is 16.2. The number of pyridine rings is 1. The van der Waals surface area contributed by atoms with Crippen molar-refractivity contribution >= 4 is 17.3 Å². The lowest BCUT2D eigenvalue weighted by molar-refractivity contribution is 0.0988. The molecule has 0 spiro atoms. The predicted molar refractivity (Wildman–Crippen MR) is 91.4 cm³/mol. The summed E-state index contributed by atoms with van der Waals surface area (Å²) in [7, 11) is 1.76. The number of benzene rings is 1. The van der Waals surface area contributed by atoms with E-state index in [1.54, 1.807) is 18.1 Å². The van der Waals surface area contributed by atoms with Crippen molar-refractivity contribution in [2.24, 2.45) is 0 Å². The van der Waals surface area contributed by atoms with Crippen LogP contribution in [0.25, 0.3) is 0 Å². The molecule has 1 aromatic heterocycles.